The molecular formula is C15H11N3O2. The average molecular weight is 265 g/mol. The largest absolute Gasteiger partial charge is 0.365 e. The van der Waals surface area contributed by atoms with Crippen molar-refractivity contribution in [1.29, 1.82) is 5.26 Å². The topological polar surface area (TPSA) is 99.7 Å². The molecule has 2 aromatic rings. The van der Waals surface area contributed by atoms with Crippen molar-refractivity contribution in [2.24, 2.45) is 5.73 Å². The van der Waals surface area contributed by atoms with Gasteiger partial charge in [-0.05, 0) is 29.3 Å². The summed E-state index contributed by atoms with van der Waals surface area (Å²) in [6.07, 6.45) is 1.41. The van der Waals surface area contributed by atoms with Crippen LogP contribution in [0.5, 0.6) is 0 Å². The molecule has 0 aliphatic rings. The second kappa shape index (κ2) is 5.67. The standard InChI is InChI=1S/C15H11N3O2/c16-9-12(15(17)20)8-10-3-1-4-11(7-10)13-5-2-6-14(19)18-13/h1-8H,(H2,17,20)(H,18,19)/b12-8+. The van der Waals surface area contributed by atoms with Gasteiger partial charge < -0.3 is 10.7 Å². The number of nitriles is 1. The number of amides is 1. The summed E-state index contributed by atoms with van der Waals surface area (Å²) in [6, 6.07) is 13.7. The number of H-pyrrole nitrogens is 1. The number of pyridine rings is 1. The first kappa shape index (κ1) is 13.3. The Morgan fingerprint density at radius 2 is 2.00 bits per heavy atom. The molecule has 1 aromatic heterocycles. The number of nitrogens with two attached hydrogens (primary N) is 1. The predicted molar refractivity (Wildman–Crippen MR) is 75.3 cm³/mol. The lowest BCUT2D eigenvalue weighted by molar-refractivity contribution is -0.114. The number of nitrogens with zero attached hydrogens (tertiary/aromatic N) is 1. The van der Waals surface area contributed by atoms with E-state index in [4.69, 9.17) is 11.0 Å². The molecule has 0 atom stereocenters. The third kappa shape index (κ3) is 3.00. The Bertz CT molecular complexity index is 782. The highest BCUT2D eigenvalue weighted by molar-refractivity contribution is 6.00. The van der Waals surface area contributed by atoms with Crippen LogP contribution in [0.25, 0.3) is 17.3 Å². The summed E-state index contributed by atoms with van der Waals surface area (Å²) in [5.74, 6) is -0.772. The smallest absolute Gasteiger partial charge is 0.259 e. The molecule has 3 N–H and O–H groups in total. The van der Waals surface area contributed by atoms with Crippen molar-refractivity contribution < 1.29 is 4.79 Å². The fourth-order valence-electron chi connectivity index (χ4n) is 1.74. The van der Waals surface area contributed by atoms with Gasteiger partial charge in [-0.25, -0.2) is 0 Å². The van der Waals surface area contributed by atoms with Crippen molar-refractivity contribution in [2.75, 3.05) is 0 Å². The average Bonchev–Trinajstić information content (AvgIpc) is 2.45. The molecule has 20 heavy (non-hydrogen) atoms. The maximum Gasteiger partial charge on any atom is 0.259 e. The molecule has 0 aliphatic carbocycles. The molecule has 0 aliphatic heterocycles. The van der Waals surface area contributed by atoms with Crippen LogP contribution in [0.2, 0.25) is 0 Å². The molecule has 5 nitrogen and oxygen atoms in total. The fourth-order valence-corrected chi connectivity index (χ4v) is 1.74. The summed E-state index contributed by atoms with van der Waals surface area (Å²) in [4.78, 5) is 25.0. The highest BCUT2D eigenvalue weighted by Gasteiger charge is 2.04. The van der Waals surface area contributed by atoms with Crippen molar-refractivity contribution in [3.63, 3.8) is 0 Å². The van der Waals surface area contributed by atoms with Crippen LogP contribution < -0.4 is 11.3 Å². The zero-order chi connectivity index (χ0) is 14.5. The van der Waals surface area contributed by atoms with Crippen LogP contribution in [0.4, 0.5) is 0 Å². The van der Waals surface area contributed by atoms with Crippen LogP contribution in [0.15, 0.2) is 52.8 Å². The summed E-state index contributed by atoms with van der Waals surface area (Å²) in [5.41, 5.74) is 6.86. The van der Waals surface area contributed by atoms with Crippen molar-refractivity contribution in [1.82, 2.24) is 4.98 Å². The maximum absolute atomic E-state index is 11.3. The zero-order valence-corrected chi connectivity index (χ0v) is 10.5. The summed E-state index contributed by atoms with van der Waals surface area (Å²) in [7, 11) is 0. The van der Waals surface area contributed by atoms with E-state index in [9.17, 15) is 9.59 Å². The lowest BCUT2D eigenvalue weighted by Gasteiger charge is -2.02. The van der Waals surface area contributed by atoms with Gasteiger partial charge in [0.25, 0.3) is 5.91 Å². The van der Waals surface area contributed by atoms with E-state index in [0.717, 1.165) is 5.56 Å². The predicted octanol–water partition coefficient (Wildman–Crippen LogP) is 1.43. The number of hydrogen-bond donors (Lipinski definition) is 2. The van der Waals surface area contributed by atoms with Gasteiger partial charge in [0.2, 0.25) is 5.56 Å². The van der Waals surface area contributed by atoms with Gasteiger partial charge in [-0.15, -0.1) is 0 Å². The monoisotopic (exact) mass is 265 g/mol. The Morgan fingerprint density at radius 1 is 1.25 bits per heavy atom. The Balaban J connectivity index is 2.46. The van der Waals surface area contributed by atoms with E-state index in [0.29, 0.717) is 11.3 Å². The van der Waals surface area contributed by atoms with E-state index in [1.54, 1.807) is 36.4 Å². The Kier molecular flexibility index (Phi) is 3.77. The summed E-state index contributed by atoms with van der Waals surface area (Å²) in [5, 5.41) is 8.81. The third-order valence-corrected chi connectivity index (χ3v) is 2.66. The molecule has 0 radical (unpaired) electrons. The van der Waals surface area contributed by atoms with E-state index in [1.165, 1.54) is 12.1 Å². The van der Waals surface area contributed by atoms with Crippen LogP contribution in [0, 0.1) is 11.3 Å². The molecule has 2 rings (SSSR count). The van der Waals surface area contributed by atoms with E-state index in [2.05, 4.69) is 4.98 Å². The molecule has 1 heterocycles. The van der Waals surface area contributed by atoms with E-state index in [1.807, 2.05) is 6.07 Å². The molecule has 1 aromatic carbocycles. The minimum atomic E-state index is -0.772. The molecule has 1 amide bonds. The number of benzene rings is 1. The van der Waals surface area contributed by atoms with Gasteiger partial charge in [0.1, 0.15) is 11.6 Å². The third-order valence-electron chi connectivity index (χ3n) is 2.66. The van der Waals surface area contributed by atoms with Gasteiger partial charge in [-0.1, -0.05) is 24.3 Å². The molecule has 0 unspecified atom stereocenters. The van der Waals surface area contributed by atoms with Crippen molar-refractivity contribution in [3.05, 3.63) is 64.0 Å². The zero-order valence-electron chi connectivity index (χ0n) is 10.5. The fraction of sp³-hybridized carbons (Fsp3) is 0. The van der Waals surface area contributed by atoms with Crippen LogP contribution in [0.3, 0.4) is 0 Å². The molecule has 0 saturated carbocycles. The molecule has 5 heteroatoms. The van der Waals surface area contributed by atoms with Gasteiger partial charge >= 0.3 is 0 Å². The van der Waals surface area contributed by atoms with Crippen LogP contribution in [-0.4, -0.2) is 10.9 Å². The van der Waals surface area contributed by atoms with Gasteiger partial charge in [0.15, 0.2) is 0 Å². The van der Waals surface area contributed by atoms with Crippen LogP contribution in [-0.2, 0) is 4.79 Å². The second-order valence-electron chi connectivity index (χ2n) is 4.09. The molecule has 0 fully saturated rings. The molecule has 0 spiro atoms. The number of nitrogens with one attached hydrogen (secondary N) is 1. The number of aromatic nitrogens is 1. The summed E-state index contributed by atoms with van der Waals surface area (Å²) >= 11 is 0. The molecular weight excluding hydrogens is 254 g/mol. The first-order valence-corrected chi connectivity index (χ1v) is 5.81. The first-order valence-electron chi connectivity index (χ1n) is 5.81. The highest BCUT2D eigenvalue weighted by atomic mass is 16.1. The van der Waals surface area contributed by atoms with Crippen molar-refractivity contribution >= 4 is 12.0 Å². The Labute approximate surface area is 115 Å². The number of carbonyl (C=O) groups is 1. The van der Waals surface area contributed by atoms with Gasteiger partial charge in [-0.2, -0.15) is 5.26 Å². The minimum absolute atomic E-state index is 0.122. The summed E-state index contributed by atoms with van der Waals surface area (Å²) < 4.78 is 0. The lowest BCUT2D eigenvalue weighted by atomic mass is 10.1. The van der Waals surface area contributed by atoms with Gasteiger partial charge in [-0.3, -0.25) is 9.59 Å². The normalized spacial score (nSPS) is 10.8. The van der Waals surface area contributed by atoms with Gasteiger partial charge in [0, 0.05) is 11.8 Å². The van der Waals surface area contributed by atoms with Crippen LogP contribution in [0.1, 0.15) is 5.56 Å². The second-order valence-corrected chi connectivity index (χ2v) is 4.09. The van der Waals surface area contributed by atoms with E-state index in [-0.39, 0.29) is 11.1 Å². The van der Waals surface area contributed by atoms with E-state index < -0.39 is 5.91 Å². The first-order chi connectivity index (χ1) is 9.60. The number of hydrogen-bond acceptors (Lipinski definition) is 3. The Hall–Kier alpha value is -3.13. The van der Waals surface area contributed by atoms with E-state index >= 15 is 0 Å². The Morgan fingerprint density at radius 3 is 2.65 bits per heavy atom. The number of carbonyl (C=O) groups excluding carboxylic acids is 1. The molecule has 98 valence electrons. The van der Waals surface area contributed by atoms with Crippen molar-refractivity contribution in [3.8, 4) is 17.3 Å². The minimum Gasteiger partial charge on any atom is -0.365 e. The molecule has 0 saturated heterocycles. The maximum atomic E-state index is 11.3. The SMILES string of the molecule is N#C/C(=C\c1cccc(-c2cccc(=O)[nH]2)c1)C(N)=O. The quantitative estimate of drug-likeness (QED) is 0.648. The van der Waals surface area contributed by atoms with Gasteiger partial charge in [0.05, 0.1) is 0 Å². The lowest BCUT2D eigenvalue weighted by Crippen LogP contribution is -2.12. The number of rotatable bonds is 3. The highest BCUT2D eigenvalue weighted by Crippen LogP contribution is 2.18. The molecule has 0 bridgehead atoms. The number of primary amides is 1. The number of aromatic amines is 1. The van der Waals surface area contributed by atoms with Crippen molar-refractivity contribution in [2.45, 2.75) is 0 Å². The van der Waals surface area contributed by atoms with Crippen LogP contribution >= 0.6 is 0 Å². The summed E-state index contributed by atoms with van der Waals surface area (Å²) in [6.45, 7) is 0.